The molecule has 0 spiro atoms. The predicted octanol–water partition coefficient (Wildman–Crippen LogP) is 2.35. The van der Waals surface area contributed by atoms with Crippen molar-refractivity contribution >= 4 is 22.4 Å². The molecule has 0 fully saturated rings. The summed E-state index contributed by atoms with van der Waals surface area (Å²) >= 11 is 1.60. The zero-order chi connectivity index (χ0) is 14.7. The number of hydrogen-bond acceptors (Lipinski definition) is 5. The van der Waals surface area contributed by atoms with Gasteiger partial charge >= 0.3 is 5.97 Å². The molecule has 0 radical (unpaired) electrons. The second kappa shape index (κ2) is 6.26. The maximum atomic E-state index is 11.1. The zero-order valence-corrected chi connectivity index (χ0v) is 12.5. The third-order valence-corrected chi connectivity index (χ3v) is 4.78. The van der Waals surface area contributed by atoms with Crippen molar-refractivity contribution in [2.45, 2.75) is 38.1 Å². The Bertz CT molecular complexity index is 609. The van der Waals surface area contributed by atoms with Crippen LogP contribution in [0.4, 0.5) is 5.13 Å². The molecule has 6 nitrogen and oxygen atoms in total. The number of imidazole rings is 1. The fraction of sp³-hybridized carbons (Fsp3) is 0.500. The van der Waals surface area contributed by atoms with Gasteiger partial charge in [-0.05, 0) is 25.7 Å². The first-order valence-corrected chi connectivity index (χ1v) is 7.97. The SMILES string of the molecule is O=C(O)C1CCc2sc(NCCCCn3ccnc3)nc21. The fourth-order valence-electron chi connectivity index (χ4n) is 2.58. The van der Waals surface area contributed by atoms with Crippen LogP contribution in [-0.2, 0) is 17.8 Å². The number of aryl methyl sites for hydroxylation is 2. The van der Waals surface area contributed by atoms with E-state index in [0.717, 1.165) is 48.1 Å². The van der Waals surface area contributed by atoms with E-state index in [1.807, 2.05) is 12.5 Å². The summed E-state index contributed by atoms with van der Waals surface area (Å²) in [5.41, 5.74) is 0.772. The topological polar surface area (TPSA) is 80.0 Å². The first kappa shape index (κ1) is 14.1. The molecule has 0 saturated carbocycles. The molecule has 0 aliphatic heterocycles. The lowest BCUT2D eigenvalue weighted by molar-refractivity contribution is -0.138. The van der Waals surface area contributed by atoms with E-state index >= 15 is 0 Å². The van der Waals surface area contributed by atoms with E-state index < -0.39 is 11.9 Å². The van der Waals surface area contributed by atoms with Gasteiger partial charge in [-0.1, -0.05) is 0 Å². The summed E-state index contributed by atoms with van der Waals surface area (Å²) in [5.74, 6) is -1.17. The third kappa shape index (κ3) is 3.24. The maximum Gasteiger partial charge on any atom is 0.312 e. The molecule has 3 rings (SSSR count). The number of anilines is 1. The standard InChI is InChI=1S/C14H18N4O2S/c19-13(20)10-3-4-11-12(10)17-14(21-11)16-5-1-2-7-18-8-6-15-9-18/h6,8-10H,1-5,7H2,(H,16,17)(H,19,20). The van der Waals surface area contributed by atoms with Gasteiger partial charge in [-0.25, -0.2) is 9.97 Å². The number of fused-ring (bicyclic) bond motifs is 1. The summed E-state index contributed by atoms with van der Waals surface area (Å²) in [6.45, 7) is 1.83. The molecule has 1 unspecified atom stereocenters. The van der Waals surface area contributed by atoms with Gasteiger partial charge in [0, 0.05) is 30.4 Å². The maximum absolute atomic E-state index is 11.1. The van der Waals surface area contributed by atoms with Crippen LogP contribution < -0.4 is 5.32 Å². The average molecular weight is 306 g/mol. The second-order valence-corrected chi connectivity index (χ2v) is 6.27. The quantitative estimate of drug-likeness (QED) is 0.768. The lowest BCUT2D eigenvalue weighted by Gasteiger charge is -2.04. The molecule has 2 N–H and O–H groups in total. The molecular formula is C14H18N4O2S. The smallest absolute Gasteiger partial charge is 0.312 e. The van der Waals surface area contributed by atoms with Crippen molar-refractivity contribution in [1.29, 1.82) is 0 Å². The number of carbonyl (C=O) groups is 1. The molecule has 0 bridgehead atoms. The number of nitrogens with one attached hydrogen (secondary N) is 1. The van der Waals surface area contributed by atoms with Crippen LogP contribution in [0.25, 0.3) is 0 Å². The molecule has 1 aliphatic rings. The number of thiazole rings is 1. The third-order valence-electron chi connectivity index (χ3n) is 3.69. The van der Waals surface area contributed by atoms with Gasteiger partial charge in [0.25, 0.3) is 0 Å². The van der Waals surface area contributed by atoms with E-state index in [4.69, 9.17) is 5.11 Å². The van der Waals surface area contributed by atoms with Gasteiger partial charge in [0.2, 0.25) is 0 Å². The monoisotopic (exact) mass is 306 g/mol. The first-order valence-electron chi connectivity index (χ1n) is 7.16. The van der Waals surface area contributed by atoms with Gasteiger partial charge < -0.3 is 15.0 Å². The number of unbranched alkanes of at least 4 members (excludes halogenated alkanes) is 1. The van der Waals surface area contributed by atoms with Gasteiger partial charge in [0.1, 0.15) is 5.92 Å². The summed E-state index contributed by atoms with van der Waals surface area (Å²) in [7, 11) is 0. The molecule has 0 saturated heterocycles. The summed E-state index contributed by atoms with van der Waals surface area (Å²) in [6, 6.07) is 0. The van der Waals surface area contributed by atoms with E-state index in [9.17, 15) is 4.79 Å². The van der Waals surface area contributed by atoms with Gasteiger partial charge in [0.15, 0.2) is 5.13 Å². The van der Waals surface area contributed by atoms with Crippen molar-refractivity contribution in [2.75, 3.05) is 11.9 Å². The van der Waals surface area contributed by atoms with Crippen molar-refractivity contribution < 1.29 is 9.90 Å². The molecular weight excluding hydrogens is 288 g/mol. The molecule has 112 valence electrons. The highest BCUT2D eigenvalue weighted by Gasteiger charge is 2.32. The van der Waals surface area contributed by atoms with E-state index in [1.54, 1.807) is 17.5 Å². The Hall–Kier alpha value is -1.89. The second-order valence-electron chi connectivity index (χ2n) is 5.19. The van der Waals surface area contributed by atoms with Gasteiger partial charge in [0.05, 0.1) is 12.0 Å². The van der Waals surface area contributed by atoms with Crippen LogP contribution in [0, 0.1) is 0 Å². The van der Waals surface area contributed by atoms with Crippen molar-refractivity contribution in [2.24, 2.45) is 0 Å². The number of aliphatic carboxylic acids is 1. The number of hydrogen-bond donors (Lipinski definition) is 2. The van der Waals surface area contributed by atoms with Gasteiger partial charge in [-0.3, -0.25) is 4.79 Å². The van der Waals surface area contributed by atoms with Crippen LogP contribution in [0.5, 0.6) is 0 Å². The molecule has 1 atom stereocenters. The van der Waals surface area contributed by atoms with Crippen molar-refractivity contribution in [1.82, 2.24) is 14.5 Å². The number of carboxylic acid groups (broad SMARTS) is 1. The molecule has 2 heterocycles. The van der Waals surface area contributed by atoms with E-state index in [-0.39, 0.29) is 0 Å². The zero-order valence-electron chi connectivity index (χ0n) is 11.7. The predicted molar refractivity (Wildman–Crippen MR) is 80.8 cm³/mol. The molecule has 1 aliphatic carbocycles. The molecule has 21 heavy (non-hydrogen) atoms. The van der Waals surface area contributed by atoms with Crippen molar-refractivity contribution in [3.8, 4) is 0 Å². The molecule has 2 aromatic rings. The van der Waals surface area contributed by atoms with Crippen LogP contribution in [-0.4, -0.2) is 32.2 Å². The fourth-order valence-corrected chi connectivity index (χ4v) is 3.64. The van der Waals surface area contributed by atoms with E-state index in [0.29, 0.717) is 6.42 Å². The van der Waals surface area contributed by atoms with Crippen molar-refractivity contribution in [3.05, 3.63) is 29.3 Å². The Kier molecular flexibility index (Phi) is 4.19. The normalized spacial score (nSPS) is 16.9. The lowest BCUT2D eigenvalue weighted by atomic mass is 10.1. The summed E-state index contributed by atoms with van der Waals surface area (Å²) in [6.07, 6.45) is 9.22. The Balaban J connectivity index is 1.44. The Morgan fingerprint density at radius 1 is 1.52 bits per heavy atom. The highest BCUT2D eigenvalue weighted by molar-refractivity contribution is 7.15. The molecule has 0 amide bonds. The summed E-state index contributed by atoms with van der Waals surface area (Å²) < 4.78 is 2.06. The van der Waals surface area contributed by atoms with Gasteiger partial charge in [-0.15, -0.1) is 11.3 Å². The lowest BCUT2D eigenvalue weighted by Crippen LogP contribution is -2.09. The van der Waals surface area contributed by atoms with Crippen LogP contribution in [0.2, 0.25) is 0 Å². The molecule has 2 aromatic heterocycles. The summed E-state index contributed by atoms with van der Waals surface area (Å²) in [4.78, 5) is 20.7. The first-order chi connectivity index (χ1) is 10.2. The number of nitrogens with zero attached hydrogens (tertiary/aromatic N) is 3. The Morgan fingerprint density at radius 3 is 3.19 bits per heavy atom. The highest BCUT2D eigenvalue weighted by atomic mass is 32.1. The van der Waals surface area contributed by atoms with Crippen LogP contribution in [0.1, 0.15) is 35.8 Å². The summed E-state index contributed by atoms with van der Waals surface area (Å²) in [5, 5.41) is 13.3. The van der Waals surface area contributed by atoms with E-state index in [1.165, 1.54) is 0 Å². The van der Waals surface area contributed by atoms with Crippen LogP contribution in [0.15, 0.2) is 18.7 Å². The minimum absolute atomic E-state index is 0.409. The minimum atomic E-state index is -0.758. The number of aromatic nitrogens is 3. The average Bonchev–Trinajstić information content (AvgIpc) is 3.13. The van der Waals surface area contributed by atoms with Crippen molar-refractivity contribution in [3.63, 3.8) is 0 Å². The number of rotatable bonds is 7. The molecule has 7 heteroatoms. The Labute approximate surface area is 126 Å². The molecule has 0 aromatic carbocycles. The Morgan fingerprint density at radius 2 is 2.43 bits per heavy atom. The van der Waals surface area contributed by atoms with Crippen LogP contribution >= 0.6 is 11.3 Å². The van der Waals surface area contributed by atoms with E-state index in [2.05, 4.69) is 19.9 Å². The minimum Gasteiger partial charge on any atom is -0.481 e. The highest BCUT2D eigenvalue weighted by Crippen LogP contribution is 2.38. The van der Waals surface area contributed by atoms with Crippen LogP contribution in [0.3, 0.4) is 0 Å². The number of carboxylic acids is 1. The van der Waals surface area contributed by atoms with Gasteiger partial charge in [-0.2, -0.15) is 0 Å². The largest absolute Gasteiger partial charge is 0.481 e.